The quantitative estimate of drug-likeness (QED) is 0.796. The molecule has 2 heterocycles. The van der Waals surface area contributed by atoms with Crippen LogP contribution in [0, 0.1) is 0 Å². The van der Waals surface area contributed by atoms with E-state index in [4.69, 9.17) is 4.74 Å². The molecule has 2 atom stereocenters. The molecule has 0 saturated carbocycles. The number of nitrogens with zero attached hydrogens (tertiary/aromatic N) is 1. The van der Waals surface area contributed by atoms with Crippen molar-refractivity contribution in [2.24, 2.45) is 0 Å². The van der Waals surface area contributed by atoms with Crippen LogP contribution < -0.4 is 5.32 Å². The first-order valence-corrected chi connectivity index (χ1v) is 6.75. The Bertz CT molecular complexity index is 224. The van der Waals surface area contributed by atoms with Crippen LogP contribution in [0.5, 0.6) is 0 Å². The molecule has 3 nitrogen and oxygen atoms in total. The van der Waals surface area contributed by atoms with Crippen molar-refractivity contribution in [3.8, 4) is 0 Å². The lowest BCUT2D eigenvalue weighted by atomic mass is 9.93. The second-order valence-corrected chi connectivity index (χ2v) is 5.69. The highest BCUT2D eigenvalue weighted by Crippen LogP contribution is 2.28. The fourth-order valence-corrected chi connectivity index (χ4v) is 3.15. The maximum atomic E-state index is 5.83. The first-order valence-electron chi connectivity index (χ1n) is 6.75. The molecule has 0 aromatic heterocycles. The van der Waals surface area contributed by atoms with Gasteiger partial charge in [-0.05, 0) is 40.2 Å². The Kier molecular flexibility index (Phi) is 3.88. The van der Waals surface area contributed by atoms with Crippen LogP contribution >= 0.6 is 0 Å². The molecule has 0 spiro atoms. The van der Waals surface area contributed by atoms with Gasteiger partial charge in [-0.25, -0.2) is 0 Å². The summed E-state index contributed by atoms with van der Waals surface area (Å²) >= 11 is 0. The molecule has 2 unspecified atom stereocenters. The van der Waals surface area contributed by atoms with Gasteiger partial charge in [0.15, 0.2) is 0 Å². The molecule has 2 saturated heterocycles. The Labute approximate surface area is 99.5 Å². The largest absolute Gasteiger partial charge is 0.360 e. The van der Waals surface area contributed by atoms with Gasteiger partial charge in [-0.1, -0.05) is 6.42 Å². The summed E-state index contributed by atoms with van der Waals surface area (Å²) in [5.74, 6) is 0. The third-order valence-corrected chi connectivity index (χ3v) is 3.98. The molecule has 2 aliphatic rings. The summed E-state index contributed by atoms with van der Waals surface area (Å²) in [7, 11) is 0. The van der Waals surface area contributed by atoms with E-state index in [0.717, 1.165) is 19.6 Å². The smallest absolute Gasteiger partial charge is 0.118 e. The minimum atomic E-state index is -0.0743. The number of hydrogen-bond donors (Lipinski definition) is 1. The van der Waals surface area contributed by atoms with E-state index in [1.54, 1.807) is 0 Å². The zero-order valence-electron chi connectivity index (χ0n) is 11.0. The van der Waals surface area contributed by atoms with Crippen LogP contribution in [0.4, 0.5) is 0 Å². The van der Waals surface area contributed by atoms with E-state index in [2.05, 4.69) is 31.0 Å². The molecule has 1 N–H and O–H groups in total. The van der Waals surface area contributed by atoms with Gasteiger partial charge in [0.1, 0.15) is 5.72 Å². The van der Waals surface area contributed by atoms with Gasteiger partial charge in [0.2, 0.25) is 0 Å². The maximum Gasteiger partial charge on any atom is 0.118 e. The van der Waals surface area contributed by atoms with Gasteiger partial charge in [-0.3, -0.25) is 10.2 Å². The standard InChI is InChI=1S/C13H26N2O/c1-11(2)15-8-5-4-6-12(15)10-13(3)14-7-9-16-13/h11-12,14H,4-10H2,1-3H3. The zero-order chi connectivity index (χ0) is 11.6. The number of piperidine rings is 1. The molecular formula is C13H26N2O. The Balaban J connectivity index is 1.95. The van der Waals surface area contributed by atoms with E-state index < -0.39 is 0 Å². The van der Waals surface area contributed by atoms with Gasteiger partial charge in [-0.15, -0.1) is 0 Å². The average molecular weight is 226 g/mol. The SMILES string of the molecule is CC(C)N1CCCCC1CC1(C)NCCO1. The third kappa shape index (κ3) is 2.76. The van der Waals surface area contributed by atoms with Crippen LogP contribution in [-0.4, -0.2) is 42.4 Å². The van der Waals surface area contributed by atoms with Gasteiger partial charge < -0.3 is 4.74 Å². The van der Waals surface area contributed by atoms with Crippen LogP contribution in [0.25, 0.3) is 0 Å². The summed E-state index contributed by atoms with van der Waals surface area (Å²) in [4.78, 5) is 2.65. The summed E-state index contributed by atoms with van der Waals surface area (Å²) in [5, 5.41) is 3.49. The van der Waals surface area contributed by atoms with Gasteiger partial charge in [0.05, 0.1) is 6.61 Å². The van der Waals surface area contributed by atoms with E-state index >= 15 is 0 Å². The van der Waals surface area contributed by atoms with Crippen molar-refractivity contribution in [2.45, 2.75) is 64.3 Å². The molecule has 2 rings (SSSR count). The molecule has 16 heavy (non-hydrogen) atoms. The Morgan fingerprint density at radius 1 is 1.44 bits per heavy atom. The highest BCUT2D eigenvalue weighted by atomic mass is 16.5. The first kappa shape index (κ1) is 12.3. The molecule has 0 aromatic carbocycles. The molecule has 2 fully saturated rings. The second kappa shape index (κ2) is 5.03. The number of rotatable bonds is 3. The lowest BCUT2D eigenvalue weighted by Crippen LogP contribution is -2.50. The summed E-state index contributed by atoms with van der Waals surface area (Å²) in [5.41, 5.74) is -0.0743. The lowest BCUT2D eigenvalue weighted by Gasteiger charge is -2.41. The van der Waals surface area contributed by atoms with E-state index in [1.807, 2.05) is 0 Å². The van der Waals surface area contributed by atoms with Crippen LogP contribution in [0.3, 0.4) is 0 Å². The second-order valence-electron chi connectivity index (χ2n) is 5.69. The molecule has 0 aromatic rings. The first-order chi connectivity index (χ1) is 7.61. The topological polar surface area (TPSA) is 24.5 Å². The highest BCUT2D eigenvalue weighted by molar-refractivity contribution is 4.88. The zero-order valence-corrected chi connectivity index (χ0v) is 11.0. The van der Waals surface area contributed by atoms with Crippen LogP contribution in [-0.2, 0) is 4.74 Å². The van der Waals surface area contributed by atoms with Crippen LogP contribution in [0.1, 0.15) is 46.5 Å². The predicted molar refractivity (Wildman–Crippen MR) is 66.5 cm³/mol. The number of nitrogens with one attached hydrogen (secondary N) is 1. The van der Waals surface area contributed by atoms with E-state index in [9.17, 15) is 0 Å². The summed E-state index contributed by atoms with van der Waals surface area (Å²) in [6.45, 7) is 9.95. The van der Waals surface area contributed by atoms with E-state index in [1.165, 1.54) is 25.8 Å². The fraction of sp³-hybridized carbons (Fsp3) is 1.00. The molecule has 0 radical (unpaired) electrons. The van der Waals surface area contributed by atoms with Crippen molar-refractivity contribution in [3.63, 3.8) is 0 Å². The van der Waals surface area contributed by atoms with Gasteiger partial charge in [0, 0.05) is 25.0 Å². The summed E-state index contributed by atoms with van der Waals surface area (Å²) in [6, 6.07) is 1.36. The minimum absolute atomic E-state index is 0.0743. The summed E-state index contributed by atoms with van der Waals surface area (Å²) in [6.07, 6.45) is 5.20. The maximum absolute atomic E-state index is 5.83. The third-order valence-electron chi connectivity index (χ3n) is 3.98. The molecular weight excluding hydrogens is 200 g/mol. The highest BCUT2D eigenvalue weighted by Gasteiger charge is 2.35. The van der Waals surface area contributed by atoms with E-state index in [-0.39, 0.29) is 5.72 Å². The van der Waals surface area contributed by atoms with Crippen molar-refractivity contribution in [1.29, 1.82) is 0 Å². The summed E-state index contributed by atoms with van der Waals surface area (Å²) < 4.78 is 5.83. The van der Waals surface area contributed by atoms with Crippen molar-refractivity contribution in [1.82, 2.24) is 10.2 Å². The Hall–Kier alpha value is -0.120. The number of hydrogen-bond acceptors (Lipinski definition) is 3. The molecule has 0 bridgehead atoms. The molecule has 2 aliphatic heterocycles. The molecule has 0 aliphatic carbocycles. The van der Waals surface area contributed by atoms with Crippen LogP contribution in [0.15, 0.2) is 0 Å². The van der Waals surface area contributed by atoms with Gasteiger partial charge >= 0.3 is 0 Å². The average Bonchev–Trinajstić information content (AvgIpc) is 2.65. The lowest BCUT2D eigenvalue weighted by molar-refractivity contribution is -0.0338. The monoisotopic (exact) mass is 226 g/mol. The van der Waals surface area contributed by atoms with Crippen LogP contribution in [0.2, 0.25) is 0 Å². The van der Waals surface area contributed by atoms with Crippen molar-refractivity contribution in [3.05, 3.63) is 0 Å². The predicted octanol–water partition coefficient (Wildman–Crippen LogP) is 1.98. The van der Waals surface area contributed by atoms with Crippen molar-refractivity contribution >= 4 is 0 Å². The normalized spacial score (nSPS) is 37.1. The van der Waals surface area contributed by atoms with E-state index in [0.29, 0.717) is 12.1 Å². The van der Waals surface area contributed by atoms with Crippen molar-refractivity contribution < 1.29 is 4.74 Å². The molecule has 0 amide bonds. The number of likely N-dealkylation sites (tertiary alicyclic amines) is 1. The molecule has 94 valence electrons. The van der Waals surface area contributed by atoms with Gasteiger partial charge in [-0.2, -0.15) is 0 Å². The molecule has 3 heteroatoms. The fourth-order valence-electron chi connectivity index (χ4n) is 3.15. The number of ether oxygens (including phenoxy) is 1. The minimum Gasteiger partial charge on any atom is -0.360 e. The Morgan fingerprint density at radius 3 is 2.88 bits per heavy atom. The van der Waals surface area contributed by atoms with Gasteiger partial charge in [0.25, 0.3) is 0 Å². The Morgan fingerprint density at radius 2 is 2.25 bits per heavy atom. The van der Waals surface area contributed by atoms with Crippen molar-refractivity contribution in [2.75, 3.05) is 19.7 Å².